The zero-order valence-corrected chi connectivity index (χ0v) is 18.7. The van der Waals surface area contributed by atoms with Gasteiger partial charge in [0.1, 0.15) is 6.04 Å². The number of nitrogens with one attached hydrogen (secondary N) is 1. The maximum atomic E-state index is 13.2. The molecule has 0 spiro atoms. The van der Waals surface area contributed by atoms with Gasteiger partial charge in [0.2, 0.25) is 11.8 Å². The molecule has 1 unspecified atom stereocenters. The van der Waals surface area contributed by atoms with E-state index in [0.717, 1.165) is 25.9 Å². The first-order valence-corrected chi connectivity index (χ1v) is 11.4. The molecule has 2 aliphatic heterocycles. The molecule has 2 saturated heterocycles. The van der Waals surface area contributed by atoms with Gasteiger partial charge in [-0.15, -0.1) is 0 Å². The second-order valence-electron chi connectivity index (χ2n) is 8.79. The van der Waals surface area contributed by atoms with Crippen LogP contribution in [0.15, 0.2) is 24.3 Å². The van der Waals surface area contributed by atoms with Crippen molar-refractivity contribution in [2.75, 3.05) is 26.2 Å². The van der Waals surface area contributed by atoms with E-state index in [-0.39, 0.29) is 29.6 Å². The second kappa shape index (κ2) is 10.3. The zero-order chi connectivity index (χ0) is 21.7. The third kappa shape index (κ3) is 5.75. The molecule has 1 aromatic carbocycles. The minimum atomic E-state index is -0.570. The van der Waals surface area contributed by atoms with Crippen LogP contribution < -0.4 is 5.32 Å². The molecule has 2 aliphatic rings. The molecule has 2 heterocycles. The third-order valence-electron chi connectivity index (χ3n) is 5.99. The fourth-order valence-corrected chi connectivity index (χ4v) is 4.42. The maximum absolute atomic E-state index is 13.2. The average molecular weight is 434 g/mol. The first-order valence-electron chi connectivity index (χ1n) is 11.0. The molecule has 0 radical (unpaired) electrons. The standard InChI is InChI=1S/C23H32ClN3O3/c1-16(2)15-20(25-21(28)17-5-7-19(24)8-6-17)23(30)27-13-9-18(10-14-27)22(29)26-11-3-4-12-26/h5-8,16,18,20H,3-4,9-15H2,1-2H3,(H,25,28). The molecule has 1 atom stereocenters. The van der Waals surface area contributed by atoms with Crippen molar-refractivity contribution in [2.45, 2.75) is 52.0 Å². The van der Waals surface area contributed by atoms with Crippen LogP contribution in [0, 0.1) is 11.8 Å². The number of hydrogen-bond donors (Lipinski definition) is 1. The molecule has 0 saturated carbocycles. The van der Waals surface area contributed by atoms with Crippen molar-refractivity contribution >= 4 is 29.3 Å². The van der Waals surface area contributed by atoms with E-state index in [2.05, 4.69) is 5.32 Å². The van der Waals surface area contributed by atoms with Crippen molar-refractivity contribution in [1.29, 1.82) is 0 Å². The number of amides is 3. The van der Waals surface area contributed by atoms with Crippen LogP contribution in [0.5, 0.6) is 0 Å². The molecule has 6 nitrogen and oxygen atoms in total. The van der Waals surface area contributed by atoms with Gasteiger partial charge in [-0.2, -0.15) is 0 Å². The van der Waals surface area contributed by atoms with Crippen LogP contribution >= 0.6 is 11.6 Å². The number of carbonyl (C=O) groups is 3. The topological polar surface area (TPSA) is 69.7 Å². The Hall–Kier alpha value is -2.08. The van der Waals surface area contributed by atoms with Crippen molar-refractivity contribution in [3.63, 3.8) is 0 Å². The quantitative estimate of drug-likeness (QED) is 0.747. The Kier molecular flexibility index (Phi) is 7.75. The second-order valence-corrected chi connectivity index (χ2v) is 9.23. The van der Waals surface area contributed by atoms with E-state index >= 15 is 0 Å². The Balaban J connectivity index is 1.59. The summed E-state index contributed by atoms with van der Waals surface area (Å²) in [7, 11) is 0. The largest absolute Gasteiger partial charge is 0.342 e. The first kappa shape index (κ1) is 22.6. The van der Waals surface area contributed by atoms with Gasteiger partial charge in [0, 0.05) is 42.7 Å². The highest BCUT2D eigenvalue weighted by atomic mass is 35.5. The Morgan fingerprint density at radius 3 is 2.17 bits per heavy atom. The summed E-state index contributed by atoms with van der Waals surface area (Å²) in [5, 5.41) is 3.47. The summed E-state index contributed by atoms with van der Waals surface area (Å²) < 4.78 is 0. The lowest BCUT2D eigenvalue weighted by atomic mass is 9.94. The Labute approximate surface area is 183 Å². The Bertz CT molecular complexity index is 751. The molecule has 3 rings (SSSR count). The van der Waals surface area contributed by atoms with E-state index in [0.29, 0.717) is 42.9 Å². The summed E-state index contributed by atoms with van der Waals surface area (Å²) >= 11 is 5.90. The number of piperidine rings is 1. The lowest BCUT2D eigenvalue weighted by Crippen LogP contribution is -2.52. The van der Waals surface area contributed by atoms with Gasteiger partial charge in [-0.25, -0.2) is 0 Å². The number of halogens is 1. The predicted octanol–water partition coefficient (Wildman–Crippen LogP) is 3.35. The molecular formula is C23H32ClN3O3. The summed E-state index contributed by atoms with van der Waals surface area (Å²) in [6.07, 6.45) is 4.15. The summed E-state index contributed by atoms with van der Waals surface area (Å²) in [5.74, 6) is 0.190. The maximum Gasteiger partial charge on any atom is 0.251 e. The van der Waals surface area contributed by atoms with E-state index < -0.39 is 6.04 Å². The molecule has 164 valence electrons. The number of nitrogens with zero attached hydrogens (tertiary/aromatic N) is 2. The summed E-state index contributed by atoms with van der Waals surface area (Å²) in [6.45, 7) is 6.94. The van der Waals surface area contributed by atoms with E-state index in [4.69, 9.17) is 11.6 Å². The molecule has 30 heavy (non-hydrogen) atoms. The molecule has 1 N–H and O–H groups in total. The number of benzene rings is 1. The summed E-state index contributed by atoms with van der Waals surface area (Å²) in [5.41, 5.74) is 0.482. The van der Waals surface area contributed by atoms with Crippen LogP contribution in [0.25, 0.3) is 0 Å². The van der Waals surface area contributed by atoms with Gasteiger partial charge < -0.3 is 15.1 Å². The summed E-state index contributed by atoms with van der Waals surface area (Å²) in [6, 6.07) is 6.07. The smallest absolute Gasteiger partial charge is 0.251 e. The average Bonchev–Trinajstić information content (AvgIpc) is 3.27. The molecule has 0 bridgehead atoms. The van der Waals surface area contributed by atoms with Gasteiger partial charge in [-0.1, -0.05) is 25.4 Å². The van der Waals surface area contributed by atoms with E-state index in [9.17, 15) is 14.4 Å². The van der Waals surface area contributed by atoms with Crippen LogP contribution in [-0.4, -0.2) is 59.7 Å². The van der Waals surface area contributed by atoms with Crippen molar-refractivity contribution in [3.8, 4) is 0 Å². The minimum Gasteiger partial charge on any atom is -0.342 e. The number of rotatable bonds is 6. The zero-order valence-electron chi connectivity index (χ0n) is 17.9. The van der Waals surface area contributed by atoms with Gasteiger partial charge in [0.05, 0.1) is 0 Å². The summed E-state index contributed by atoms with van der Waals surface area (Å²) in [4.78, 5) is 42.2. The predicted molar refractivity (Wildman–Crippen MR) is 117 cm³/mol. The van der Waals surface area contributed by atoms with Crippen molar-refractivity contribution in [3.05, 3.63) is 34.9 Å². The number of hydrogen-bond acceptors (Lipinski definition) is 3. The van der Waals surface area contributed by atoms with Crippen LogP contribution in [-0.2, 0) is 9.59 Å². The minimum absolute atomic E-state index is 0.0133. The highest BCUT2D eigenvalue weighted by molar-refractivity contribution is 6.30. The van der Waals surface area contributed by atoms with Crippen LogP contribution in [0.2, 0.25) is 5.02 Å². The lowest BCUT2D eigenvalue weighted by molar-refractivity contribution is -0.141. The normalized spacial score (nSPS) is 18.5. The molecule has 0 aliphatic carbocycles. The van der Waals surface area contributed by atoms with Crippen molar-refractivity contribution < 1.29 is 14.4 Å². The third-order valence-corrected chi connectivity index (χ3v) is 6.24. The molecule has 7 heteroatoms. The van der Waals surface area contributed by atoms with Crippen LogP contribution in [0.1, 0.15) is 56.3 Å². The van der Waals surface area contributed by atoms with E-state index in [1.165, 1.54) is 0 Å². The highest BCUT2D eigenvalue weighted by Crippen LogP contribution is 2.23. The van der Waals surface area contributed by atoms with Gasteiger partial charge >= 0.3 is 0 Å². The SMILES string of the molecule is CC(C)CC(NC(=O)c1ccc(Cl)cc1)C(=O)N1CCC(C(=O)N2CCCC2)CC1. The molecule has 0 aromatic heterocycles. The highest BCUT2D eigenvalue weighted by Gasteiger charge is 2.34. The van der Waals surface area contributed by atoms with Gasteiger partial charge in [-0.05, 0) is 62.3 Å². The molecule has 1 aromatic rings. The van der Waals surface area contributed by atoms with Crippen LogP contribution in [0.3, 0.4) is 0 Å². The molecule has 3 amide bonds. The number of carbonyl (C=O) groups excluding carboxylic acids is 3. The lowest BCUT2D eigenvalue weighted by Gasteiger charge is -2.35. The van der Waals surface area contributed by atoms with E-state index in [1.54, 1.807) is 24.3 Å². The van der Waals surface area contributed by atoms with Crippen LogP contribution in [0.4, 0.5) is 0 Å². The Morgan fingerprint density at radius 2 is 1.60 bits per heavy atom. The van der Waals surface area contributed by atoms with E-state index in [1.807, 2.05) is 23.6 Å². The Morgan fingerprint density at radius 1 is 1.00 bits per heavy atom. The first-order chi connectivity index (χ1) is 14.3. The molecule has 2 fully saturated rings. The van der Waals surface area contributed by atoms with Gasteiger partial charge in [-0.3, -0.25) is 14.4 Å². The number of likely N-dealkylation sites (tertiary alicyclic amines) is 2. The van der Waals surface area contributed by atoms with Gasteiger partial charge in [0.25, 0.3) is 5.91 Å². The van der Waals surface area contributed by atoms with Crippen molar-refractivity contribution in [1.82, 2.24) is 15.1 Å². The fraction of sp³-hybridized carbons (Fsp3) is 0.609. The fourth-order valence-electron chi connectivity index (χ4n) is 4.30. The van der Waals surface area contributed by atoms with Crippen molar-refractivity contribution in [2.24, 2.45) is 11.8 Å². The van der Waals surface area contributed by atoms with Gasteiger partial charge in [0.15, 0.2) is 0 Å². The monoisotopic (exact) mass is 433 g/mol. The molecular weight excluding hydrogens is 402 g/mol.